The van der Waals surface area contributed by atoms with Gasteiger partial charge in [-0.3, -0.25) is 0 Å². The minimum absolute atomic E-state index is 0.0639. The Morgan fingerprint density at radius 2 is 1.95 bits per heavy atom. The molecule has 0 fully saturated rings. The van der Waals surface area contributed by atoms with Gasteiger partial charge >= 0.3 is 0 Å². The van der Waals surface area contributed by atoms with Crippen LogP contribution in [-0.2, 0) is 23.1 Å². The number of rotatable bonds is 5. The molecule has 20 heavy (non-hydrogen) atoms. The molecular weight excluding hydrogens is 342 g/mol. The SMILES string of the molecule is CCn1cc(S(=O)(=O)NCc2ccc(Br)cc2)nc1C. The Morgan fingerprint density at radius 1 is 1.30 bits per heavy atom. The van der Waals surface area contributed by atoms with Gasteiger partial charge in [0.1, 0.15) is 5.82 Å². The number of aryl methyl sites for hydroxylation is 2. The Bertz CT molecular complexity index is 693. The number of sulfonamides is 1. The summed E-state index contributed by atoms with van der Waals surface area (Å²) in [6, 6.07) is 7.48. The van der Waals surface area contributed by atoms with E-state index in [4.69, 9.17) is 0 Å². The van der Waals surface area contributed by atoms with Crippen LogP contribution in [0.4, 0.5) is 0 Å². The summed E-state index contributed by atoms with van der Waals surface area (Å²) in [7, 11) is -3.57. The quantitative estimate of drug-likeness (QED) is 0.893. The smallest absolute Gasteiger partial charge is 0.259 e. The number of aromatic nitrogens is 2. The van der Waals surface area contributed by atoms with Crippen LogP contribution < -0.4 is 4.72 Å². The zero-order chi connectivity index (χ0) is 14.8. The zero-order valence-electron chi connectivity index (χ0n) is 11.3. The molecule has 0 aliphatic rings. The molecule has 0 amide bonds. The van der Waals surface area contributed by atoms with Crippen molar-refractivity contribution < 1.29 is 8.42 Å². The Hall–Kier alpha value is -1.18. The molecule has 2 rings (SSSR count). The fraction of sp³-hybridized carbons (Fsp3) is 0.308. The first kappa shape index (κ1) is 15.2. The molecule has 1 heterocycles. The molecule has 0 spiro atoms. The van der Waals surface area contributed by atoms with E-state index in [2.05, 4.69) is 25.6 Å². The summed E-state index contributed by atoms with van der Waals surface area (Å²) in [5.74, 6) is 0.691. The summed E-state index contributed by atoms with van der Waals surface area (Å²) in [5, 5.41) is 0.0639. The van der Waals surface area contributed by atoms with E-state index in [-0.39, 0.29) is 11.6 Å². The number of nitrogens with one attached hydrogen (secondary N) is 1. The summed E-state index contributed by atoms with van der Waals surface area (Å²) in [4.78, 5) is 4.08. The lowest BCUT2D eigenvalue weighted by Gasteiger charge is -2.04. The summed E-state index contributed by atoms with van der Waals surface area (Å²) < 4.78 is 29.6. The van der Waals surface area contributed by atoms with E-state index in [1.165, 1.54) is 0 Å². The van der Waals surface area contributed by atoms with Crippen LogP contribution in [0.3, 0.4) is 0 Å². The lowest BCUT2D eigenvalue weighted by Crippen LogP contribution is -2.23. The standard InChI is InChI=1S/C13H16BrN3O2S/c1-3-17-9-13(16-10(17)2)20(18,19)15-8-11-4-6-12(14)7-5-11/h4-7,9,15H,3,8H2,1-2H3. The molecule has 0 unspecified atom stereocenters. The van der Waals surface area contributed by atoms with Crippen LogP contribution in [-0.4, -0.2) is 18.0 Å². The highest BCUT2D eigenvalue weighted by atomic mass is 79.9. The van der Waals surface area contributed by atoms with E-state index in [1.54, 1.807) is 17.7 Å². The van der Waals surface area contributed by atoms with E-state index in [9.17, 15) is 8.42 Å². The molecule has 2 aromatic rings. The molecule has 0 bridgehead atoms. The summed E-state index contributed by atoms with van der Waals surface area (Å²) in [5.41, 5.74) is 0.892. The van der Waals surface area contributed by atoms with Crippen LogP contribution in [0.5, 0.6) is 0 Å². The van der Waals surface area contributed by atoms with Gasteiger partial charge in [-0.05, 0) is 31.5 Å². The summed E-state index contributed by atoms with van der Waals surface area (Å²) in [6.07, 6.45) is 1.55. The van der Waals surface area contributed by atoms with E-state index < -0.39 is 10.0 Å². The summed E-state index contributed by atoms with van der Waals surface area (Å²) >= 11 is 3.34. The average molecular weight is 358 g/mol. The van der Waals surface area contributed by atoms with Gasteiger partial charge in [-0.15, -0.1) is 0 Å². The van der Waals surface area contributed by atoms with Gasteiger partial charge < -0.3 is 4.57 Å². The highest BCUT2D eigenvalue weighted by molar-refractivity contribution is 9.10. The third-order valence-electron chi connectivity index (χ3n) is 2.95. The van der Waals surface area contributed by atoms with Gasteiger partial charge in [0, 0.05) is 23.8 Å². The number of hydrogen-bond donors (Lipinski definition) is 1. The van der Waals surface area contributed by atoms with Crippen LogP contribution >= 0.6 is 15.9 Å². The van der Waals surface area contributed by atoms with E-state index in [0.717, 1.165) is 10.0 Å². The first-order chi connectivity index (χ1) is 9.42. The molecule has 7 heteroatoms. The van der Waals surface area contributed by atoms with Crippen molar-refractivity contribution in [2.24, 2.45) is 0 Å². The second-order valence-corrected chi connectivity index (χ2v) is 6.99. The Morgan fingerprint density at radius 3 is 2.50 bits per heavy atom. The maximum Gasteiger partial charge on any atom is 0.259 e. The van der Waals surface area contributed by atoms with Gasteiger partial charge in [0.25, 0.3) is 10.0 Å². The third-order valence-corrected chi connectivity index (χ3v) is 4.75. The fourth-order valence-corrected chi connectivity index (χ4v) is 3.07. The summed E-state index contributed by atoms with van der Waals surface area (Å²) in [6.45, 7) is 4.67. The topological polar surface area (TPSA) is 64.0 Å². The second-order valence-electron chi connectivity index (χ2n) is 4.36. The van der Waals surface area contributed by atoms with Crippen molar-refractivity contribution in [3.05, 3.63) is 46.3 Å². The van der Waals surface area contributed by atoms with Crippen LogP contribution in [0.2, 0.25) is 0 Å². The minimum atomic E-state index is -3.57. The van der Waals surface area contributed by atoms with Crippen molar-refractivity contribution in [2.75, 3.05) is 0 Å². The molecule has 1 N–H and O–H groups in total. The number of imidazole rings is 1. The van der Waals surface area contributed by atoms with Gasteiger partial charge in [-0.2, -0.15) is 0 Å². The normalized spacial score (nSPS) is 11.8. The molecule has 108 valence electrons. The highest BCUT2D eigenvalue weighted by Crippen LogP contribution is 2.12. The Labute approximate surface area is 127 Å². The third kappa shape index (κ3) is 3.47. The van der Waals surface area contributed by atoms with Crippen molar-refractivity contribution in [3.63, 3.8) is 0 Å². The number of hydrogen-bond acceptors (Lipinski definition) is 3. The molecule has 0 saturated carbocycles. The van der Waals surface area contributed by atoms with Crippen molar-refractivity contribution in [3.8, 4) is 0 Å². The molecule has 0 saturated heterocycles. The van der Waals surface area contributed by atoms with Crippen molar-refractivity contribution >= 4 is 26.0 Å². The lowest BCUT2D eigenvalue weighted by molar-refractivity contribution is 0.577. The van der Waals surface area contributed by atoms with E-state index in [1.807, 2.05) is 31.2 Å². The first-order valence-corrected chi connectivity index (χ1v) is 8.48. The number of benzene rings is 1. The highest BCUT2D eigenvalue weighted by Gasteiger charge is 2.18. The van der Waals surface area contributed by atoms with Gasteiger partial charge in [-0.25, -0.2) is 18.1 Å². The maximum absolute atomic E-state index is 12.2. The fourth-order valence-electron chi connectivity index (χ4n) is 1.78. The van der Waals surface area contributed by atoms with Crippen LogP contribution in [0.15, 0.2) is 40.0 Å². The maximum atomic E-state index is 12.2. The molecule has 1 aromatic carbocycles. The van der Waals surface area contributed by atoms with Crippen LogP contribution in [0.25, 0.3) is 0 Å². The van der Waals surface area contributed by atoms with Crippen molar-refractivity contribution in [1.82, 2.24) is 14.3 Å². The van der Waals surface area contributed by atoms with Crippen molar-refractivity contribution in [2.45, 2.75) is 32.0 Å². The Kier molecular flexibility index (Phi) is 4.62. The molecule has 1 aromatic heterocycles. The number of nitrogens with zero attached hydrogens (tertiary/aromatic N) is 2. The van der Waals surface area contributed by atoms with E-state index >= 15 is 0 Å². The molecule has 0 aliphatic heterocycles. The lowest BCUT2D eigenvalue weighted by atomic mass is 10.2. The predicted molar refractivity (Wildman–Crippen MR) is 80.8 cm³/mol. The molecule has 0 radical (unpaired) electrons. The van der Waals surface area contributed by atoms with E-state index in [0.29, 0.717) is 12.4 Å². The van der Waals surface area contributed by atoms with Crippen LogP contribution in [0.1, 0.15) is 18.3 Å². The van der Waals surface area contributed by atoms with Gasteiger partial charge in [0.2, 0.25) is 0 Å². The number of halogens is 1. The van der Waals surface area contributed by atoms with Crippen LogP contribution in [0, 0.1) is 6.92 Å². The second kappa shape index (κ2) is 6.07. The van der Waals surface area contributed by atoms with Gasteiger partial charge in [0.15, 0.2) is 5.03 Å². The largest absolute Gasteiger partial charge is 0.334 e. The average Bonchev–Trinajstić information content (AvgIpc) is 2.80. The molecule has 0 aliphatic carbocycles. The molecular formula is C13H16BrN3O2S. The van der Waals surface area contributed by atoms with Crippen molar-refractivity contribution in [1.29, 1.82) is 0 Å². The predicted octanol–water partition coefficient (Wildman–Crippen LogP) is 2.45. The first-order valence-electron chi connectivity index (χ1n) is 6.20. The zero-order valence-corrected chi connectivity index (χ0v) is 13.7. The molecule has 0 atom stereocenters. The molecule has 5 nitrogen and oxygen atoms in total. The Balaban J connectivity index is 2.12. The monoisotopic (exact) mass is 357 g/mol. The van der Waals surface area contributed by atoms with Gasteiger partial charge in [-0.1, -0.05) is 28.1 Å². The minimum Gasteiger partial charge on any atom is -0.334 e. The van der Waals surface area contributed by atoms with Gasteiger partial charge in [0.05, 0.1) is 0 Å².